The van der Waals surface area contributed by atoms with E-state index in [2.05, 4.69) is 16.0 Å². The molecule has 1 heterocycles. The molecular weight excluding hydrogens is 174 g/mol. The zero-order valence-electron chi connectivity index (χ0n) is 7.85. The van der Waals surface area contributed by atoms with Gasteiger partial charge in [-0.1, -0.05) is 12.1 Å². The molecule has 0 saturated heterocycles. The van der Waals surface area contributed by atoms with Crippen molar-refractivity contribution in [2.75, 3.05) is 18.0 Å². The van der Waals surface area contributed by atoms with Crippen molar-refractivity contribution in [3.8, 4) is 6.07 Å². The van der Waals surface area contributed by atoms with Crippen LogP contribution in [0.4, 0.5) is 11.4 Å². The maximum atomic E-state index is 8.53. The van der Waals surface area contributed by atoms with Crippen LogP contribution in [0.2, 0.25) is 0 Å². The molecule has 0 unspecified atom stereocenters. The molecule has 0 aliphatic carbocycles. The molecule has 0 atom stereocenters. The van der Waals surface area contributed by atoms with Crippen molar-refractivity contribution in [1.82, 2.24) is 0 Å². The third-order valence-electron chi connectivity index (χ3n) is 2.25. The molecule has 1 aromatic carbocycles. The van der Waals surface area contributed by atoms with Crippen LogP contribution in [0.5, 0.6) is 0 Å². The number of hydrogen-bond acceptors (Lipinski definition) is 3. The highest BCUT2D eigenvalue weighted by Crippen LogP contribution is 2.30. The van der Waals surface area contributed by atoms with E-state index in [-0.39, 0.29) is 0 Å². The summed E-state index contributed by atoms with van der Waals surface area (Å²) < 4.78 is 0. The third-order valence-corrected chi connectivity index (χ3v) is 2.25. The zero-order valence-corrected chi connectivity index (χ0v) is 7.85. The predicted octanol–water partition coefficient (Wildman–Crippen LogP) is 2.12. The number of benzene rings is 1. The summed E-state index contributed by atoms with van der Waals surface area (Å²) in [5.41, 5.74) is 2.13. The van der Waals surface area contributed by atoms with Crippen molar-refractivity contribution in [3.05, 3.63) is 24.3 Å². The number of aliphatic imine (C=N–C) groups is 1. The number of anilines is 1. The molecule has 0 bridgehead atoms. The molecule has 0 saturated carbocycles. The first-order valence-corrected chi connectivity index (χ1v) is 4.65. The highest BCUT2D eigenvalue weighted by atomic mass is 15.2. The lowest BCUT2D eigenvalue weighted by Gasteiger charge is -2.26. The Labute approximate surface area is 83.3 Å². The molecule has 0 fully saturated rings. The normalized spacial score (nSPS) is 13.5. The number of rotatable bonds is 2. The SMILES string of the molecule is N#CCCN1CC=Nc2ccccc21. The van der Waals surface area contributed by atoms with Gasteiger partial charge in [-0.2, -0.15) is 5.26 Å². The quantitative estimate of drug-likeness (QED) is 0.708. The standard InChI is InChI=1S/C11H11N3/c12-6-3-8-14-9-7-13-10-4-1-2-5-11(10)14/h1-2,4-5,7H,3,8-9H2. The van der Waals surface area contributed by atoms with Crippen LogP contribution in [0.3, 0.4) is 0 Å². The maximum absolute atomic E-state index is 8.53. The molecule has 0 amide bonds. The molecule has 1 aliphatic heterocycles. The second-order valence-electron chi connectivity index (χ2n) is 3.15. The minimum atomic E-state index is 0.558. The van der Waals surface area contributed by atoms with Crippen molar-refractivity contribution in [1.29, 1.82) is 5.26 Å². The first-order chi connectivity index (χ1) is 6.92. The van der Waals surface area contributed by atoms with E-state index in [4.69, 9.17) is 5.26 Å². The number of nitriles is 1. The van der Waals surface area contributed by atoms with Gasteiger partial charge in [-0.3, -0.25) is 4.99 Å². The Morgan fingerprint density at radius 1 is 1.43 bits per heavy atom. The Balaban J connectivity index is 2.23. The summed E-state index contributed by atoms with van der Waals surface area (Å²) in [4.78, 5) is 6.47. The number of fused-ring (bicyclic) bond motifs is 1. The van der Waals surface area contributed by atoms with E-state index in [1.165, 1.54) is 0 Å². The predicted molar refractivity (Wildman–Crippen MR) is 57.0 cm³/mol. The summed E-state index contributed by atoms with van der Waals surface area (Å²) in [5, 5.41) is 8.53. The van der Waals surface area contributed by atoms with E-state index in [0.29, 0.717) is 6.42 Å². The fourth-order valence-corrected chi connectivity index (χ4v) is 1.57. The summed E-state index contributed by atoms with van der Waals surface area (Å²) in [5.74, 6) is 0. The van der Waals surface area contributed by atoms with Gasteiger partial charge in [-0.25, -0.2) is 0 Å². The number of hydrogen-bond donors (Lipinski definition) is 0. The minimum absolute atomic E-state index is 0.558. The Bertz CT molecular complexity index is 390. The van der Waals surface area contributed by atoms with E-state index in [0.717, 1.165) is 24.5 Å². The molecule has 1 aliphatic rings. The second-order valence-corrected chi connectivity index (χ2v) is 3.15. The molecule has 0 spiro atoms. The van der Waals surface area contributed by atoms with Gasteiger partial charge in [0.1, 0.15) is 0 Å². The van der Waals surface area contributed by atoms with Crippen molar-refractivity contribution in [2.45, 2.75) is 6.42 Å². The number of nitrogens with zero attached hydrogens (tertiary/aromatic N) is 3. The average molecular weight is 185 g/mol. The van der Waals surface area contributed by atoms with Gasteiger partial charge in [0.05, 0.1) is 30.4 Å². The fourth-order valence-electron chi connectivity index (χ4n) is 1.57. The molecule has 14 heavy (non-hydrogen) atoms. The van der Waals surface area contributed by atoms with E-state index < -0.39 is 0 Å². The van der Waals surface area contributed by atoms with Crippen LogP contribution in [0.1, 0.15) is 6.42 Å². The summed E-state index contributed by atoms with van der Waals surface area (Å²) in [7, 11) is 0. The highest BCUT2D eigenvalue weighted by Gasteiger charge is 2.12. The van der Waals surface area contributed by atoms with Crippen LogP contribution in [0.25, 0.3) is 0 Å². The van der Waals surface area contributed by atoms with Gasteiger partial charge in [0.15, 0.2) is 0 Å². The molecule has 0 aromatic heterocycles. The van der Waals surface area contributed by atoms with Gasteiger partial charge in [-0.15, -0.1) is 0 Å². The lowest BCUT2D eigenvalue weighted by Crippen LogP contribution is -2.28. The monoisotopic (exact) mass is 185 g/mol. The van der Waals surface area contributed by atoms with E-state index in [9.17, 15) is 0 Å². The lowest BCUT2D eigenvalue weighted by atomic mass is 10.2. The molecule has 1 aromatic rings. The summed E-state index contributed by atoms with van der Waals surface area (Å²) in [6.07, 6.45) is 2.45. The third kappa shape index (κ3) is 1.60. The average Bonchev–Trinajstić information content (AvgIpc) is 2.26. The van der Waals surface area contributed by atoms with Gasteiger partial charge >= 0.3 is 0 Å². The Kier molecular flexibility index (Phi) is 2.46. The van der Waals surface area contributed by atoms with Gasteiger partial charge in [0.25, 0.3) is 0 Å². The van der Waals surface area contributed by atoms with Gasteiger partial charge in [-0.05, 0) is 12.1 Å². The molecule has 70 valence electrons. The molecule has 0 radical (unpaired) electrons. The molecule has 3 nitrogen and oxygen atoms in total. The molecular formula is C11H11N3. The van der Waals surface area contributed by atoms with Crippen LogP contribution in [-0.2, 0) is 0 Å². The first-order valence-electron chi connectivity index (χ1n) is 4.65. The second kappa shape index (κ2) is 3.93. The molecule has 2 rings (SSSR count). The summed E-state index contributed by atoms with van der Waals surface area (Å²) in [6, 6.07) is 10.2. The number of para-hydroxylation sites is 2. The van der Waals surface area contributed by atoms with Gasteiger partial charge in [0.2, 0.25) is 0 Å². The van der Waals surface area contributed by atoms with Crippen molar-refractivity contribution >= 4 is 17.6 Å². The van der Waals surface area contributed by atoms with Crippen LogP contribution in [0, 0.1) is 11.3 Å². The smallest absolute Gasteiger partial charge is 0.0860 e. The largest absolute Gasteiger partial charge is 0.363 e. The Hall–Kier alpha value is -1.82. The Morgan fingerprint density at radius 3 is 3.14 bits per heavy atom. The minimum Gasteiger partial charge on any atom is -0.363 e. The van der Waals surface area contributed by atoms with Crippen molar-refractivity contribution < 1.29 is 0 Å². The highest BCUT2D eigenvalue weighted by molar-refractivity contribution is 5.81. The maximum Gasteiger partial charge on any atom is 0.0860 e. The Morgan fingerprint density at radius 2 is 2.29 bits per heavy atom. The van der Waals surface area contributed by atoms with Crippen LogP contribution in [0.15, 0.2) is 29.3 Å². The van der Waals surface area contributed by atoms with Gasteiger partial charge in [0, 0.05) is 12.8 Å². The van der Waals surface area contributed by atoms with E-state index >= 15 is 0 Å². The first kappa shape index (κ1) is 8.76. The topological polar surface area (TPSA) is 39.4 Å². The van der Waals surface area contributed by atoms with Gasteiger partial charge < -0.3 is 4.90 Å². The van der Waals surface area contributed by atoms with Crippen LogP contribution >= 0.6 is 0 Å². The van der Waals surface area contributed by atoms with E-state index in [1.807, 2.05) is 30.5 Å². The van der Waals surface area contributed by atoms with Crippen LogP contribution < -0.4 is 4.90 Å². The summed E-state index contributed by atoms with van der Waals surface area (Å²) >= 11 is 0. The fraction of sp³-hybridized carbons (Fsp3) is 0.273. The van der Waals surface area contributed by atoms with E-state index in [1.54, 1.807) is 0 Å². The lowest BCUT2D eigenvalue weighted by molar-refractivity contribution is 0.870. The summed E-state index contributed by atoms with van der Waals surface area (Å²) in [6.45, 7) is 1.58. The molecule has 3 heteroatoms. The van der Waals surface area contributed by atoms with Crippen LogP contribution in [-0.4, -0.2) is 19.3 Å². The molecule has 0 N–H and O–H groups in total. The van der Waals surface area contributed by atoms with Crippen molar-refractivity contribution in [3.63, 3.8) is 0 Å². The van der Waals surface area contributed by atoms with Crippen molar-refractivity contribution in [2.24, 2.45) is 4.99 Å². The zero-order chi connectivity index (χ0) is 9.80.